The molecular formula is C13H21NS. The molecule has 0 heterocycles. The van der Waals surface area contributed by atoms with Crippen LogP contribution in [-0.2, 0) is 0 Å². The number of thioether (sulfide) groups is 1. The molecule has 0 aromatic heterocycles. The molecule has 15 heavy (non-hydrogen) atoms. The summed E-state index contributed by atoms with van der Waals surface area (Å²) in [6, 6.07) is 8.61. The van der Waals surface area contributed by atoms with Crippen molar-refractivity contribution >= 4 is 17.4 Å². The van der Waals surface area contributed by atoms with Crippen LogP contribution in [0, 0.1) is 5.92 Å². The first-order valence-corrected chi connectivity index (χ1v) is 6.60. The van der Waals surface area contributed by atoms with Crippen LogP contribution in [0.4, 0.5) is 5.69 Å². The van der Waals surface area contributed by atoms with E-state index in [1.807, 2.05) is 0 Å². The molecule has 1 rings (SSSR count). The van der Waals surface area contributed by atoms with Gasteiger partial charge in [0.05, 0.1) is 0 Å². The van der Waals surface area contributed by atoms with Gasteiger partial charge in [0.2, 0.25) is 0 Å². The van der Waals surface area contributed by atoms with Crippen LogP contribution in [0.3, 0.4) is 0 Å². The van der Waals surface area contributed by atoms with E-state index in [1.54, 1.807) is 11.8 Å². The SMILES string of the molecule is CSc1ccc(NC(C)(C)C(C)C)cc1. The molecule has 1 N–H and O–H groups in total. The van der Waals surface area contributed by atoms with Gasteiger partial charge in [-0.1, -0.05) is 13.8 Å². The number of hydrogen-bond donors (Lipinski definition) is 1. The molecule has 0 fully saturated rings. The van der Waals surface area contributed by atoms with Crippen molar-refractivity contribution in [3.63, 3.8) is 0 Å². The van der Waals surface area contributed by atoms with Crippen LogP contribution in [0.5, 0.6) is 0 Å². The highest BCUT2D eigenvalue weighted by Crippen LogP contribution is 2.24. The van der Waals surface area contributed by atoms with Crippen LogP contribution in [0.25, 0.3) is 0 Å². The Morgan fingerprint density at radius 2 is 1.67 bits per heavy atom. The van der Waals surface area contributed by atoms with Crippen molar-refractivity contribution in [2.75, 3.05) is 11.6 Å². The quantitative estimate of drug-likeness (QED) is 0.766. The molecule has 0 atom stereocenters. The van der Waals surface area contributed by atoms with Crippen LogP contribution >= 0.6 is 11.8 Å². The number of hydrogen-bond acceptors (Lipinski definition) is 2. The third kappa shape index (κ3) is 3.45. The van der Waals surface area contributed by atoms with Crippen molar-refractivity contribution in [1.82, 2.24) is 0 Å². The molecule has 0 saturated carbocycles. The lowest BCUT2D eigenvalue weighted by Gasteiger charge is -2.31. The van der Waals surface area contributed by atoms with E-state index in [9.17, 15) is 0 Å². The highest BCUT2D eigenvalue weighted by atomic mass is 32.2. The predicted octanol–water partition coefficient (Wildman–Crippen LogP) is 4.26. The maximum Gasteiger partial charge on any atom is 0.0345 e. The Hall–Kier alpha value is -0.630. The summed E-state index contributed by atoms with van der Waals surface area (Å²) in [5.74, 6) is 0.609. The van der Waals surface area contributed by atoms with Crippen LogP contribution in [0.15, 0.2) is 29.2 Å². The largest absolute Gasteiger partial charge is 0.380 e. The van der Waals surface area contributed by atoms with Crippen molar-refractivity contribution in [2.24, 2.45) is 5.92 Å². The van der Waals surface area contributed by atoms with Crippen molar-refractivity contribution in [2.45, 2.75) is 38.1 Å². The Kier molecular flexibility index (Phi) is 4.09. The van der Waals surface area contributed by atoms with E-state index in [4.69, 9.17) is 0 Å². The fourth-order valence-corrected chi connectivity index (χ4v) is 1.60. The summed E-state index contributed by atoms with van der Waals surface area (Å²) in [5.41, 5.74) is 1.34. The van der Waals surface area contributed by atoms with Crippen LogP contribution in [-0.4, -0.2) is 11.8 Å². The molecule has 0 radical (unpaired) electrons. The summed E-state index contributed by atoms with van der Waals surface area (Å²) in [6.07, 6.45) is 2.10. The molecule has 0 aliphatic heterocycles. The molecule has 84 valence electrons. The van der Waals surface area contributed by atoms with E-state index in [0.29, 0.717) is 5.92 Å². The second-order valence-corrected chi connectivity index (χ2v) is 5.61. The minimum atomic E-state index is 0.140. The average Bonchev–Trinajstić information content (AvgIpc) is 2.18. The Balaban J connectivity index is 2.73. The highest BCUT2D eigenvalue weighted by Gasteiger charge is 2.21. The van der Waals surface area contributed by atoms with Crippen LogP contribution in [0.2, 0.25) is 0 Å². The first kappa shape index (κ1) is 12.4. The third-order valence-electron chi connectivity index (χ3n) is 3.00. The van der Waals surface area contributed by atoms with Gasteiger partial charge in [0.15, 0.2) is 0 Å². The topological polar surface area (TPSA) is 12.0 Å². The molecule has 0 spiro atoms. The van der Waals surface area contributed by atoms with Crippen molar-refractivity contribution < 1.29 is 0 Å². The van der Waals surface area contributed by atoms with Gasteiger partial charge in [0.1, 0.15) is 0 Å². The zero-order valence-corrected chi connectivity index (χ0v) is 11.1. The maximum atomic E-state index is 3.56. The van der Waals surface area contributed by atoms with E-state index >= 15 is 0 Å². The summed E-state index contributed by atoms with van der Waals surface area (Å²) < 4.78 is 0. The lowest BCUT2D eigenvalue weighted by Crippen LogP contribution is -2.36. The molecule has 2 heteroatoms. The average molecular weight is 223 g/mol. The summed E-state index contributed by atoms with van der Waals surface area (Å²) in [7, 11) is 0. The van der Waals surface area contributed by atoms with E-state index in [1.165, 1.54) is 10.6 Å². The lowest BCUT2D eigenvalue weighted by molar-refractivity contribution is 0.407. The Morgan fingerprint density at radius 3 is 2.07 bits per heavy atom. The molecule has 0 unspecified atom stereocenters. The Labute approximate surface area is 97.7 Å². The standard InChI is InChI=1S/C13H21NS/c1-10(2)13(3,4)14-11-6-8-12(15-5)9-7-11/h6-10,14H,1-5H3. The van der Waals surface area contributed by atoms with Gasteiger partial charge in [-0.2, -0.15) is 0 Å². The van der Waals surface area contributed by atoms with Gasteiger partial charge in [-0.3, -0.25) is 0 Å². The summed E-state index contributed by atoms with van der Waals surface area (Å²) in [6.45, 7) is 8.95. The van der Waals surface area contributed by atoms with Gasteiger partial charge < -0.3 is 5.32 Å². The van der Waals surface area contributed by atoms with Gasteiger partial charge in [0, 0.05) is 16.1 Å². The number of nitrogens with one attached hydrogen (secondary N) is 1. The van der Waals surface area contributed by atoms with Crippen LogP contribution < -0.4 is 5.32 Å². The summed E-state index contributed by atoms with van der Waals surface area (Å²) >= 11 is 1.77. The molecular weight excluding hydrogens is 202 g/mol. The first-order valence-electron chi connectivity index (χ1n) is 5.38. The molecule has 0 bridgehead atoms. The van der Waals surface area contributed by atoms with Gasteiger partial charge in [-0.05, 0) is 50.3 Å². The van der Waals surface area contributed by atoms with Crippen LogP contribution in [0.1, 0.15) is 27.7 Å². The number of anilines is 1. The maximum absolute atomic E-state index is 3.56. The third-order valence-corrected chi connectivity index (χ3v) is 3.74. The molecule has 1 aromatic carbocycles. The first-order chi connectivity index (χ1) is 6.95. The fourth-order valence-electron chi connectivity index (χ4n) is 1.19. The molecule has 0 saturated heterocycles. The minimum Gasteiger partial charge on any atom is -0.380 e. The molecule has 1 aromatic rings. The van der Waals surface area contributed by atoms with Gasteiger partial charge in [0.25, 0.3) is 0 Å². The van der Waals surface area contributed by atoms with Gasteiger partial charge >= 0.3 is 0 Å². The molecule has 0 aliphatic carbocycles. The van der Waals surface area contributed by atoms with Crippen molar-refractivity contribution in [3.05, 3.63) is 24.3 Å². The summed E-state index contributed by atoms with van der Waals surface area (Å²) in [5, 5.41) is 3.56. The zero-order chi connectivity index (χ0) is 11.5. The number of benzene rings is 1. The highest BCUT2D eigenvalue weighted by molar-refractivity contribution is 7.98. The van der Waals surface area contributed by atoms with E-state index in [2.05, 4.69) is 63.5 Å². The Morgan fingerprint density at radius 1 is 1.13 bits per heavy atom. The minimum absolute atomic E-state index is 0.140. The van der Waals surface area contributed by atoms with Crippen molar-refractivity contribution in [3.8, 4) is 0 Å². The predicted molar refractivity (Wildman–Crippen MR) is 70.8 cm³/mol. The monoisotopic (exact) mass is 223 g/mol. The van der Waals surface area contributed by atoms with E-state index < -0.39 is 0 Å². The second-order valence-electron chi connectivity index (χ2n) is 4.73. The molecule has 0 aliphatic rings. The van der Waals surface area contributed by atoms with E-state index in [0.717, 1.165) is 0 Å². The van der Waals surface area contributed by atoms with E-state index in [-0.39, 0.29) is 5.54 Å². The summed E-state index contributed by atoms with van der Waals surface area (Å²) in [4.78, 5) is 1.31. The number of rotatable bonds is 4. The normalized spacial score (nSPS) is 11.9. The Bertz CT molecular complexity index is 301. The zero-order valence-electron chi connectivity index (χ0n) is 10.3. The lowest BCUT2D eigenvalue weighted by atomic mass is 9.90. The van der Waals surface area contributed by atoms with Gasteiger partial charge in [-0.15, -0.1) is 11.8 Å². The molecule has 0 amide bonds. The second kappa shape index (κ2) is 4.93. The fraction of sp³-hybridized carbons (Fsp3) is 0.538. The van der Waals surface area contributed by atoms with Gasteiger partial charge in [-0.25, -0.2) is 0 Å². The van der Waals surface area contributed by atoms with Crippen molar-refractivity contribution in [1.29, 1.82) is 0 Å². The molecule has 1 nitrogen and oxygen atoms in total. The smallest absolute Gasteiger partial charge is 0.0345 e.